The van der Waals surface area contributed by atoms with Gasteiger partial charge in [0.25, 0.3) is 0 Å². The highest BCUT2D eigenvalue weighted by atomic mass is 35.5. The second-order valence-electron chi connectivity index (χ2n) is 8.65. The second kappa shape index (κ2) is 10.3. The zero-order chi connectivity index (χ0) is 27.8. The van der Waals surface area contributed by atoms with Crippen LogP contribution in [0.15, 0.2) is 58.5 Å². The topological polar surface area (TPSA) is 120 Å². The van der Waals surface area contributed by atoms with E-state index in [1.807, 2.05) is 0 Å². The number of hydrogen-bond acceptors (Lipinski definition) is 7. The molecule has 0 unspecified atom stereocenters. The Morgan fingerprint density at radius 3 is 2.49 bits per heavy atom. The van der Waals surface area contributed by atoms with E-state index >= 15 is 0 Å². The van der Waals surface area contributed by atoms with Crippen molar-refractivity contribution in [2.24, 2.45) is 0 Å². The number of aryl methyl sites for hydroxylation is 1. The van der Waals surface area contributed by atoms with E-state index in [9.17, 15) is 27.9 Å². The Balaban J connectivity index is 1.66. The monoisotopic (exact) mass is 557 g/mol. The molecule has 39 heavy (non-hydrogen) atoms. The number of aliphatic hydroxyl groups excluding tert-OH is 1. The summed E-state index contributed by atoms with van der Waals surface area (Å²) in [5.74, 6) is -4.81. The molecule has 3 heterocycles. The minimum atomic E-state index is -1.65. The Kier molecular flexibility index (Phi) is 6.93. The van der Waals surface area contributed by atoms with Crippen LogP contribution in [0, 0.1) is 24.4 Å². The minimum Gasteiger partial charge on any atom is -0.394 e. The third-order valence-corrected chi connectivity index (χ3v) is 6.10. The molecule has 0 saturated carbocycles. The summed E-state index contributed by atoms with van der Waals surface area (Å²) < 4.78 is 44.7. The molecule has 0 amide bonds. The molecule has 14 heteroatoms. The number of hydrogen-bond donors (Lipinski definition) is 2. The Labute approximate surface area is 222 Å². The van der Waals surface area contributed by atoms with Crippen LogP contribution in [0.3, 0.4) is 0 Å². The van der Waals surface area contributed by atoms with Crippen LogP contribution in [-0.2, 0) is 13.1 Å². The van der Waals surface area contributed by atoms with Crippen molar-refractivity contribution in [3.05, 3.63) is 103 Å². The fourth-order valence-corrected chi connectivity index (χ4v) is 4.23. The lowest BCUT2D eigenvalue weighted by molar-refractivity contribution is 0.270. The number of anilines is 2. The number of halogens is 4. The average molecular weight is 558 g/mol. The molecule has 0 aliphatic carbocycles. The molecule has 2 N–H and O–H groups in total. The first-order valence-corrected chi connectivity index (χ1v) is 11.9. The number of fused-ring (bicyclic) bond motifs is 1. The van der Waals surface area contributed by atoms with Crippen molar-refractivity contribution in [2.45, 2.75) is 20.0 Å². The van der Waals surface area contributed by atoms with Crippen molar-refractivity contribution in [3.63, 3.8) is 0 Å². The molecule has 0 spiro atoms. The quantitative estimate of drug-likeness (QED) is 0.295. The van der Waals surface area contributed by atoms with Crippen molar-refractivity contribution in [1.82, 2.24) is 28.9 Å². The van der Waals surface area contributed by atoms with Gasteiger partial charge in [-0.2, -0.15) is 10.1 Å². The summed E-state index contributed by atoms with van der Waals surface area (Å²) in [6.07, 6.45) is 4.49. The molecule has 0 atom stereocenters. The molecular weight excluding hydrogens is 539 g/mol. The van der Waals surface area contributed by atoms with Gasteiger partial charge in [-0.1, -0.05) is 11.6 Å². The van der Waals surface area contributed by atoms with Gasteiger partial charge in [0.1, 0.15) is 0 Å². The molecule has 200 valence electrons. The molecule has 5 rings (SSSR count). The van der Waals surface area contributed by atoms with Gasteiger partial charge in [0, 0.05) is 17.8 Å². The molecule has 10 nitrogen and oxygen atoms in total. The number of nitrogens with zero attached hydrogens (tertiary/aromatic N) is 6. The first-order chi connectivity index (χ1) is 18.6. The van der Waals surface area contributed by atoms with E-state index in [-0.39, 0.29) is 41.1 Å². The molecule has 5 aromatic rings. The predicted molar refractivity (Wildman–Crippen MR) is 137 cm³/mol. The number of nitrogens with one attached hydrogen (secondary N) is 1. The van der Waals surface area contributed by atoms with Crippen molar-refractivity contribution in [3.8, 4) is 5.69 Å². The molecule has 0 radical (unpaired) electrons. The van der Waals surface area contributed by atoms with Gasteiger partial charge in [-0.05, 0) is 48.4 Å². The van der Waals surface area contributed by atoms with Crippen LogP contribution >= 0.6 is 11.6 Å². The van der Waals surface area contributed by atoms with Crippen LogP contribution in [0.5, 0.6) is 0 Å². The molecule has 0 aliphatic heterocycles. The van der Waals surface area contributed by atoms with Gasteiger partial charge < -0.3 is 10.4 Å². The van der Waals surface area contributed by atoms with Crippen LogP contribution in [0.4, 0.5) is 24.8 Å². The van der Waals surface area contributed by atoms with Gasteiger partial charge in [-0.25, -0.2) is 27.3 Å². The van der Waals surface area contributed by atoms with Crippen LogP contribution in [0.2, 0.25) is 5.02 Å². The summed E-state index contributed by atoms with van der Waals surface area (Å²) in [6, 6.07) is 6.17. The van der Waals surface area contributed by atoms with E-state index in [1.165, 1.54) is 17.1 Å². The van der Waals surface area contributed by atoms with Gasteiger partial charge in [0.2, 0.25) is 5.95 Å². The van der Waals surface area contributed by atoms with E-state index in [1.54, 1.807) is 31.3 Å². The first-order valence-electron chi connectivity index (χ1n) is 11.5. The van der Waals surface area contributed by atoms with Crippen molar-refractivity contribution in [2.75, 3.05) is 11.9 Å². The predicted octanol–water partition coefficient (Wildman–Crippen LogP) is 3.30. The zero-order valence-electron chi connectivity index (χ0n) is 20.2. The van der Waals surface area contributed by atoms with E-state index < -0.39 is 35.4 Å². The standard InChI is InChI=1S/C25H19ClF3N7O3/c1-13-4-16(10-30-9-13)36-24(38)32-23(35(25(36)39)11-14-5-18(27)22(29)19(28)6-14)31-21-7-15-12-34(2-3-37)33-20(15)8-17(21)26/h4-10,12,37H,2-3,11H2,1H3,(H,31,32,38). The molecule has 0 saturated heterocycles. The maximum atomic E-state index is 14.0. The fourth-order valence-electron chi connectivity index (χ4n) is 4.03. The first kappa shape index (κ1) is 26.1. The molecule has 2 aromatic carbocycles. The van der Waals surface area contributed by atoms with Gasteiger partial charge >= 0.3 is 11.4 Å². The largest absolute Gasteiger partial charge is 0.394 e. The van der Waals surface area contributed by atoms with Gasteiger partial charge in [0.15, 0.2) is 17.5 Å². The van der Waals surface area contributed by atoms with Crippen molar-refractivity contribution < 1.29 is 18.3 Å². The van der Waals surface area contributed by atoms with Gasteiger partial charge in [-0.15, -0.1) is 0 Å². The van der Waals surface area contributed by atoms with E-state index in [2.05, 4.69) is 20.4 Å². The Bertz CT molecular complexity index is 1830. The smallest absolute Gasteiger partial charge is 0.359 e. The molecule has 3 aromatic heterocycles. The zero-order valence-corrected chi connectivity index (χ0v) is 21.0. The third kappa shape index (κ3) is 5.13. The van der Waals surface area contributed by atoms with Crippen LogP contribution in [0.1, 0.15) is 11.1 Å². The normalized spacial score (nSPS) is 11.3. The summed E-state index contributed by atoms with van der Waals surface area (Å²) >= 11 is 6.43. The average Bonchev–Trinajstić information content (AvgIpc) is 3.26. The van der Waals surface area contributed by atoms with Crippen molar-refractivity contribution >= 4 is 34.1 Å². The van der Waals surface area contributed by atoms with E-state index in [4.69, 9.17) is 11.6 Å². The van der Waals surface area contributed by atoms with Crippen LogP contribution < -0.4 is 16.7 Å². The third-order valence-electron chi connectivity index (χ3n) is 5.79. The fraction of sp³-hybridized carbons (Fsp3) is 0.160. The van der Waals surface area contributed by atoms with Crippen molar-refractivity contribution in [1.29, 1.82) is 0 Å². The summed E-state index contributed by atoms with van der Waals surface area (Å²) in [5.41, 5.74) is -0.374. The molecular formula is C25H19ClF3N7O3. The maximum absolute atomic E-state index is 14.0. The second-order valence-corrected chi connectivity index (χ2v) is 9.05. The molecule has 0 fully saturated rings. The summed E-state index contributed by atoms with van der Waals surface area (Å²) in [7, 11) is 0. The maximum Gasteiger partial charge on any atom is 0.359 e. The summed E-state index contributed by atoms with van der Waals surface area (Å²) in [5, 5.41) is 17.1. The summed E-state index contributed by atoms with van der Waals surface area (Å²) in [6.45, 7) is 1.37. The number of pyridine rings is 1. The van der Waals surface area contributed by atoms with E-state index in [0.717, 1.165) is 21.3 Å². The lowest BCUT2D eigenvalue weighted by Gasteiger charge is -2.16. The highest BCUT2D eigenvalue weighted by Gasteiger charge is 2.19. The Hall–Kier alpha value is -4.49. The minimum absolute atomic E-state index is 0.0993. The Morgan fingerprint density at radius 2 is 1.79 bits per heavy atom. The molecule has 0 bridgehead atoms. The number of benzene rings is 2. The van der Waals surface area contributed by atoms with Crippen LogP contribution in [0.25, 0.3) is 16.6 Å². The van der Waals surface area contributed by atoms with Gasteiger partial charge in [0.05, 0.1) is 47.8 Å². The lowest BCUT2D eigenvalue weighted by Crippen LogP contribution is -2.41. The SMILES string of the molecule is Cc1cncc(-n2c(=O)nc(Nc3cc4cn(CCO)nc4cc3Cl)n(Cc3cc(F)c(F)c(F)c3)c2=O)c1. The van der Waals surface area contributed by atoms with Gasteiger partial charge in [-0.3, -0.25) is 14.2 Å². The van der Waals surface area contributed by atoms with Crippen LogP contribution in [-0.4, -0.2) is 40.6 Å². The van der Waals surface area contributed by atoms with E-state index in [0.29, 0.717) is 16.5 Å². The number of aromatic nitrogens is 6. The number of rotatable bonds is 7. The molecule has 0 aliphatic rings. The lowest BCUT2D eigenvalue weighted by atomic mass is 10.2. The highest BCUT2D eigenvalue weighted by molar-refractivity contribution is 6.34. The Morgan fingerprint density at radius 1 is 1.05 bits per heavy atom. The summed E-state index contributed by atoms with van der Waals surface area (Å²) in [4.78, 5) is 34.6. The highest BCUT2D eigenvalue weighted by Crippen LogP contribution is 2.29. The number of aliphatic hydroxyl groups is 1.